The maximum absolute atomic E-state index is 13.0. The molecule has 0 bridgehead atoms. The summed E-state index contributed by atoms with van der Waals surface area (Å²) in [7, 11) is 0. The molecule has 0 radical (unpaired) electrons. The number of hydrogen-bond acceptors (Lipinski definition) is 5. The van der Waals surface area contributed by atoms with Gasteiger partial charge in [-0.15, -0.1) is 0 Å². The molecule has 0 amide bonds. The molecule has 0 unspecified atom stereocenters. The smallest absolute Gasteiger partial charge is 0.333 e. The third-order valence-corrected chi connectivity index (χ3v) is 5.79. The van der Waals surface area contributed by atoms with E-state index in [9.17, 15) is 14.4 Å². The van der Waals surface area contributed by atoms with Crippen molar-refractivity contribution in [1.29, 1.82) is 0 Å². The molecule has 1 aromatic carbocycles. The number of benzene rings is 1. The van der Waals surface area contributed by atoms with E-state index in [1.807, 2.05) is 0 Å². The zero-order valence-electron chi connectivity index (χ0n) is 16.2. The van der Waals surface area contributed by atoms with Crippen LogP contribution in [0.15, 0.2) is 29.1 Å². The summed E-state index contributed by atoms with van der Waals surface area (Å²) in [6.07, 6.45) is 0. The number of halogens is 4. The van der Waals surface area contributed by atoms with Gasteiger partial charge in [0.25, 0.3) is 0 Å². The lowest BCUT2D eigenvalue weighted by molar-refractivity contribution is -0.140. The molecule has 30 heavy (non-hydrogen) atoms. The van der Waals surface area contributed by atoms with Crippen LogP contribution in [0.3, 0.4) is 0 Å². The predicted molar refractivity (Wildman–Crippen MR) is 118 cm³/mol. The van der Waals surface area contributed by atoms with Gasteiger partial charge in [-0.05, 0) is 13.8 Å². The second-order valence-electron chi connectivity index (χ2n) is 6.37. The van der Waals surface area contributed by atoms with Crippen molar-refractivity contribution in [2.45, 2.75) is 26.9 Å². The molecule has 7 nitrogen and oxygen atoms in total. The summed E-state index contributed by atoms with van der Waals surface area (Å²) in [5.41, 5.74) is 0.363. The molecule has 11 heteroatoms. The van der Waals surface area contributed by atoms with Gasteiger partial charge in [0, 0.05) is 11.1 Å². The van der Waals surface area contributed by atoms with Crippen LogP contribution in [0.4, 0.5) is 0 Å². The van der Waals surface area contributed by atoms with Gasteiger partial charge in [0.2, 0.25) is 0 Å². The Bertz CT molecular complexity index is 1030. The molecule has 0 aliphatic rings. The van der Waals surface area contributed by atoms with E-state index in [2.05, 4.69) is 13.2 Å². The molecule has 2 rings (SSSR count). The van der Waals surface area contributed by atoms with E-state index in [1.54, 1.807) is 0 Å². The molecule has 0 atom stereocenters. The number of ether oxygens (including phenoxy) is 2. The molecule has 2 aromatic rings. The van der Waals surface area contributed by atoms with Gasteiger partial charge in [-0.1, -0.05) is 59.6 Å². The predicted octanol–water partition coefficient (Wildman–Crippen LogP) is 4.66. The summed E-state index contributed by atoms with van der Waals surface area (Å²) in [6.45, 7) is 9.70. The minimum atomic E-state index is -0.594. The summed E-state index contributed by atoms with van der Waals surface area (Å²) < 4.78 is 12.6. The van der Waals surface area contributed by atoms with E-state index in [-0.39, 0.29) is 68.6 Å². The maximum atomic E-state index is 13.0. The Labute approximate surface area is 192 Å². The maximum Gasteiger partial charge on any atom is 0.333 e. The molecule has 0 saturated carbocycles. The fourth-order valence-electron chi connectivity index (χ4n) is 2.56. The van der Waals surface area contributed by atoms with Crippen LogP contribution in [0, 0.1) is 0 Å². The van der Waals surface area contributed by atoms with Crippen LogP contribution in [0.5, 0.6) is 0 Å². The number of fused-ring (bicyclic) bond motifs is 1. The highest BCUT2D eigenvalue weighted by atomic mass is 35.5. The Hall–Kier alpha value is -1.93. The van der Waals surface area contributed by atoms with Gasteiger partial charge in [0.1, 0.15) is 13.2 Å². The molecule has 162 valence electrons. The van der Waals surface area contributed by atoms with Crippen molar-refractivity contribution in [1.82, 2.24) is 9.13 Å². The highest BCUT2D eigenvalue weighted by Crippen LogP contribution is 2.42. The molecule has 0 aliphatic heterocycles. The molecular formula is C19H18Cl4N2O5. The lowest BCUT2D eigenvalue weighted by Gasteiger charge is -2.10. The van der Waals surface area contributed by atoms with Gasteiger partial charge in [-0.2, -0.15) is 0 Å². The quantitative estimate of drug-likeness (QED) is 0.230. The lowest BCUT2D eigenvalue weighted by Crippen LogP contribution is -2.28. The van der Waals surface area contributed by atoms with E-state index in [0.29, 0.717) is 0 Å². The highest BCUT2D eigenvalue weighted by Gasteiger charge is 2.24. The monoisotopic (exact) mass is 494 g/mol. The van der Waals surface area contributed by atoms with Crippen LogP contribution in [0.2, 0.25) is 20.1 Å². The molecule has 0 N–H and O–H groups in total. The number of hydrogen-bond donors (Lipinski definition) is 0. The zero-order chi connectivity index (χ0) is 22.7. The van der Waals surface area contributed by atoms with E-state index in [1.165, 1.54) is 23.0 Å². The molecule has 0 saturated heterocycles. The Balaban J connectivity index is 2.50. The fourth-order valence-corrected chi connectivity index (χ4v) is 3.60. The van der Waals surface area contributed by atoms with Crippen LogP contribution in [-0.4, -0.2) is 34.3 Å². The standard InChI is InChI=1S/C19H18Cl4N2O5/c1-9(2)17(26)29-7-5-24-15-13(22)11(20)12(21)14(23)16(15)25(19(24)28)6-8-30-18(27)10(3)4/h1,3,5-8H2,2,4H3. The van der Waals surface area contributed by atoms with Crippen LogP contribution >= 0.6 is 46.4 Å². The van der Waals surface area contributed by atoms with Gasteiger partial charge in [-0.25, -0.2) is 14.4 Å². The van der Waals surface area contributed by atoms with Crippen LogP contribution in [0.25, 0.3) is 11.0 Å². The van der Waals surface area contributed by atoms with Gasteiger partial charge >= 0.3 is 17.6 Å². The summed E-state index contributed by atoms with van der Waals surface area (Å²) in [4.78, 5) is 36.3. The summed E-state index contributed by atoms with van der Waals surface area (Å²) in [5.74, 6) is -1.19. The molecular weight excluding hydrogens is 478 g/mol. The van der Waals surface area contributed by atoms with Crippen molar-refractivity contribution in [2.24, 2.45) is 0 Å². The Morgan fingerprint density at radius 2 is 1.10 bits per heavy atom. The van der Waals surface area contributed by atoms with Crippen molar-refractivity contribution in [2.75, 3.05) is 13.2 Å². The number of aromatic nitrogens is 2. The molecule has 0 aliphatic carbocycles. The average Bonchev–Trinajstić information content (AvgIpc) is 2.96. The molecule has 1 heterocycles. The minimum absolute atomic E-state index is 0.0158. The Kier molecular flexibility index (Phi) is 8.05. The molecule has 1 aromatic heterocycles. The first-order chi connectivity index (χ1) is 14.0. The second-order valence-corrected chi connectivity index (χ2v) is 7.88. The van der Waals surface area contributed by atoms with E-state index in [4.69, 9.17) is 55.9 Å². The molecule has 0 spiro atoms. The first kappa shape index (κ1) is 24.3. The topological polar surface area (TPSA) is 79.5 Å². The van der Waals surface area contributed by atoms with Crippen LogP contribution in [0.1, 0.15) is 13.8 Å². The fraction of sp³-hybridized carbons (Fsp3) is 0.316. The third-order valence-electron chi connectivity index (χ3n) is 4.01. The van der Waals surface area contributed by atoms with Gasteiger partial charge in [-0.3, -0.25) is 9.13 Å². The van der Waals surface area contributed by atoms with Gasteiger partial charge < -0.3 is 9.47 Å². The Morgan fingerprint density at radius 3 is 1.40 bits per heavy atom. The number of nitrogens with zero attached hydrogens (tertiary/aromatic N) is 2. The molecule has 0 fully saturated rings. The van der Waals surface area contributed by atoms with Crippen molar-refractivity contribution in [3.05, 3.63) is 54.9 Å². The number of imidazole rings is 1. The van der Waals surface area contributed by atoms with Crippen LogP contribution in [-0.2, 0) is 32.2 Å². The lowest BCUT2D eigenvalue weighted by atomic mass is 10.3. The first-order valence-electron chi connectivity index (χ1n) is 8.59. The number of carbonyl (C=O) groups excluding carboxylic acids is 2. The van der Waals surface area contributed by atoms with Crippen molar-refractivity contribution in [3.8, 4) is 0 Å². The minimum Gasteiger partial charge on any atom is -0.460 e. The van der Waals surface area contributed by atoms with E-state index in [0.717, 1.165) is 0 Å². The average molecular weight is 496 g/mol. The summed E-state index contributed by atoms with van der Waals surface area (Å²) >= 11 is 25.0. The van der Waals surface area contributed by atoms with Crippen molar-refractivity contribution in [3.63, 3.8) is 0 Å². The normalized spacial score (nSPS) is 10.9. The first-order valence-corrected chi connectivity index (χ1v) is 10.1. The number of rotatable bonds is 8. The number of carbonyl (C=O) groups is 2. The van der Waals surface area contributed by atoms with E-state index < -0.39 is 17.6 Å². The SMILES string of the molecule is C=C(C)C(=O)OCCn1c(=O)n(CCOC(=O)C(=C)C)c2c(Cl)c(Cl)c(Cl)c(Cl)c21. The summed E-state index contributed by atoms with van der Waals surface area (Å²) in [6, 6.07) is 0. The zero-order valence-corrected chi connectivity index (χ0v) is 19.2. The van der Waals surface area contributed by atoms with Crippen LogP contribution < -0.4 is 5.69 Å². The Morgan fingerprint density at radius 1 is 0.767 bits per heavy atom. The largest absolute Gasteiger partial charge is 0.460 e. The van der Waals surface area contributed by atoms with Crippen molar-refractivity contribution < 1.29 is 19.1 Å². The second kappa shape index (κ2) is 9.92. The van der Waals surface area contributed by atoms with E-state index >= 15 is 0 Å². The third kappa shape index (κ3) is 4.86. The van der Waals surface area contributed by atoms with Gasteiger partial charge in [0.05, 0.1) is 44.2 Å². The summed E-state index contributed by atoms with van der Waals surface area (Å²) in [5, 5.41) is -0.00658. The number of esters is 2. The van der Waals surface area contributed by atoms with Gasteiger partial charge in [0.15, 0.2) is 0 Å². The van der Waals surface area contributed by atoms with Crippen molar-refractivity contribution >= 4 is 69.4 Å². The highest BCUT2D eigenvalue weighted by molar-refractivity contribution is 6.55.